The maximum absolute atomic E-state index is 11.3. The molecule has 20 heavy (non-hydrogen) atoms. The quantitative estimate of drug-likeness (QED) is 0.782. The first-order valence-corrected chi connectivity index (χ1v) is 7.82. The molecule has 0 saturated carbocycles. The Balaban J connectivity index is 1.87. The third-order valence-corrected chi connectivity index (χ3v) is 4.85. The average molecular weight is 293 g/mol. The standard InChI is InChI=1S/C16H21ClN2O/c1-12-9-18-7-3-2-4-15(18)10-19(12)16-6-5-14(17)8-13(16)11-20/h5-6,8,11-12,15H,2-4,7,9-10H2,1H3. The Morgan fingerprint density at radius 1 is 1.30 bits per heavy atom. The molecule has 2 unspecified atom stereocenters. The number of nitrogens with zero attached hydrogens (tertiary/aromatic N) is 2. The van der Waals surface area contributed by atoms with Crippen LogP contribution in [0.25, 0.3) is 0 Å². The Morgan fingerprint density at radius 3 is 2.95 bits per heavy atom. The van der Waals surface area contributed by atoms with E-state index >= 15 is 0 Å². The van der Waals surface area contributed by atoms with Crippen molar-refractivity contribution in [2.45, 2.75) is 38.3 Å². The predicted octanol–water partition coefficient (Wildman–Crippen LogP) is 3.22. The van der Waals surface area contributed by atoms with Crippen LogP contribution >= 0.6 is 11.6 Å². The molecule has 0 radical (unpaired) electrons. The number of halogens is 1. The molecule has 2 fully saturated rings. The van der Waals surface area contributed by atoms with Crippen LogP contribution in [0, 0.1) is 0 Å². The molecular formula is C16H21ClN2O. The fraction of sp³-hybridized carbons (Fsp3) is 0.562. The number of fused-ring (bicyclic) bond motifs is 1. The van der Waals surface area contributed by atoms with Gasteiger partial charge in [0.1, 0.15) is 0 Å². The number of aldehydes is 1. The fourth-order valence-corrected chi connectivity index (χ4v) is 3.75. The van der Waals surface area contributed by atoms with Crippen molar-refractivity contribution in [1.82, 2.24) is 4.90 Å². The molecule has 3 nitrogen and oxygen atoms in total. The van der Waals surface area contributed by atoms with Gasteiger partial charge in [-0.15, -0.1) is 0 Å². The molecule has 0 aromatic heterocycles. The van der Waals surface area contributed by atoms with Crippen molar-refractivity contribution < 1.29 is 4.79 Å². The summed E-state index contributed by atoms with van der Waals surface area (Å²) in [5.41, 5.74) is 1.73. The highest BCUT2D eigenvalue weighted by Gasteiger charge is 2.33. The zero-order valence-electron chi connectivity index (χ0n) is 11.9. The topological polar surface area (TPSA) is 23.6 Å². The number of carbonyl (C=O) groups excluding carboxylic acids is 1. The third-order valence-electron chi connectivity index (χ3n) is 4.61. The van der Waals surface area contributed by atoms with Gasteiger partial charge in [0.15, 0.2) is 6.29 Å². The molecule has 2 saturated heterocycles. The van der Waals surface area contributed by atoms with Crippen LogP contribution in [0.15, 0.2) is 18.2 Å². The maximum atomic E-state index is 11.3. The van der Waals surface area contributed by atoms with Crippen molar-refractivity contribution >= 4 is 23.6 Å². The molecule has 2 heterocycles. The molecule has 0 spiro atoms. The van der Waals surface area contributed by atoms with Gasteiger partial charge in [0, 0.05) is 41.4 Å². The van der Waals surface area contributed by atoms with Crippen LogP contribution in [0.2, 0.25) is 5.02 Å². The summed E-state index contributed by atoms with van der Waals surface area (Å²) in [5, 5.41) is 0.625. The number of hydrogen-bond acceptors (Lipinski definition) is 3. The van der Waals surface area contributed by atoms with Crippen LogP contribution < -0.4 is 4.90 Å². The number of rotatable bonds is 2. The minimum Gasteiger partial charge on any atom is -0.365 e. The zero-order valence-corrected chi connectivity index (χ0v) is 12.6. The molecule has 2 aliphatic rings. The van der Waals surface area contributed by atoms with Gasteiger partial charge in [0.05, 0.1) is 0 Å². The maximum Gasteiger partial charge on any atom is 0.152 e. The number of anilines is 1. The van der Waals surface area contributed by atoms with Gasteiger partial charge in [-0.05, 0) is 44.5 Å². The van der Waals surface area contributed by atoms with E-state index in [-0.39, 0.29) is 0 Å². The van der Waals surface area contributed by atoms with Gasteiger partial charge in [-0.25, -0.2) is 0 Å². The summed E-state index contributed by atoms with van der Waals surface area (Å²) in [5.74, 6) is 0. The molecule has 1 aromatic carbocycles. The van der Waals surface area contributed by atoms with Gasteiger partial charge < -0.3 is 4.90 Å². The lowest BCUT2D eigenvalue weighted by Crippen LogP contribution is -2.59. The Morgan fingerprint density at radius 2 is 2.15 bits per heavy atom. The predicted molar refractivity (Wildman–Crippen MR) is 82.9 cm³/mol. The zero-order chi connectivity index (χ0) is 14.1. The van der Waals surface area contributed by atoms with Gasteiger partial charge in [-0.3, -0.25) is 9.69 Å². The van der Waals surface area contributed by atoms with Gasteiger partial charge in [0.25, 0.3) is 0 Å². The second-order valence-corrected chi connectivity index (χ2v) is 6.40. The van der Waals surface area contributed by atoms with E-state index in [2.05, 4.69) is 16.7 Å². The molecule has 0 amide bonds. The Kier molecular flexibility index (Phi) is 3.99. The molecule has 3 rings (SSSR count). The SMILES string of the molecule is CC1CN2CCCCC2CN1c1ccc(Cl)cc1C=O. The van der Waals surface area contributed by atoms with Gasteiger partial charge in [0.2, 0.25) is 0 Å². The second-order valence-electron chi connectivity index (χ2n) is 5.97. The summed E-state index contributed by atoms with van der Waals surface area (Å²) in [6.45, 7) is 5.58. The van der Waals surface area contributed by atoms with Crippen molar-refractivity contribution in [2.75, 3.05) is 24.5 Å². The minimum absolute atomic E-state index is 0.434. The number of benzene rings is 1. The fourth-order valence-electron chi connectivity index (χ4n) is 3.57. The Labute approximate surface area is 125 Å². The molecule has 0 bridgehead atoms. The van der Waals surface area contributed by atoms with Crippen LogP contribution in [-0.4, -0.2) is 42.9 Å². The highest BCUT2D eigenvalue weighted by Crippen LogP contribution is 2.30. The van der Waals surface area contributed by atoms with Crippen LogP contribution in [-0.2, 0) is 0 Å². The Hall–Kier alpha value is -1.06. The minimum atomic E-state index is 0.434. The van der Waals surface area contributed by atoms with Crippen molar-refractivity contribution in [1.29, 1.82) is 0 Å². The largest absolute Gasteiger partial charge is 0.365 e. The van der Waals surface area contributed by atoms with E-state index in [1.165, 1.54) is 25.8 Å². The van der Waals surface area contributed by atoms with Crippen LogP contribution in [0.5, 0.6) is 0 Å². The highest BCUT2D eigenvalue weighted by atomic mass is 35.5. The molecule has 0 aliphatic carbocycles. The van der Waals surface area contributed by atoms with Gasteiger partial charge in [-0.2, -0.15) is 0 Å². The molecule has 0 N–H and O–H groups in total. The van der Waals surface area contributed by atoms with E-state index in [0.717, 1.165) is 25.1 Å². The summed E-state index contributed by atoms with van der Waals surface area (Å²) in [7, 11) is 0. The Bertz CT molecular complexity index is 505. The first-order chi connectivity index (χ1) is 9.69. The molecule has 1 aromatic rings. The summed E-state index contributed by atoms with van der Waals surface area (Å²) in [4.78, 5) is 16.3. The van der Waals surface area contributed by atoms with E-state index in [9.17, 15) is 4.79 Å². The summed E-state index contributed by atoms with van der Waals surface area (Å²) in [6.07, 6.45) is 4.84. The number of piperazine rings is 1. The third kappa shape index (κ3) is 2.57. The molecule has 2 atom stereocenters. The van der Waals surface area contributed by atoms with Crippen LogP contribution in [0.3, 0.4) is 0 Å². The van der Waals surface area contributed by atoms with Crippen molar-refractivity contribution in [3.8, 4) is 0 Å². The van der Waals surface area contributed by atoms with Crippen molar-refractivity contribution in [3.63, 3.8) is 0 Å². The van der Waals surface area contributed by atoms with E-state index in [4.69, 9.17) is 11.6 Å². The summed E-state index contributed by atoms with van der Waals surface area (Å²) < 4.78 is 0. The lowest BCUT2D eigenvalue weighted by atomic mass is 9.96. The van der Waals surface area contributed by atoms with Gasteiger partial charge >= 0.3 is 0 Å². The van der Waals surface area contributed by atoms with Crippen molar-refractivity contribution in [3.05, 3.63) is 28.8 Å². The van der Waals surface area contributed by atoms with Crippen LogP contribution in [0.4, 0.5) is 5.69 Å². The lowest BCUT2D eigenvalue weighted by Gasteiger charge is -2.48. The summed E-state index contributed by atoms with van der Waals surface area (Å²) >= 11 is 6.00. The summed E-state index contributed by atoms with van der Waals surface area (Å²) in [6, 6.07) is 6.70. The molecule has 108 valence electrons. The average Bonchev–Trinajstić information content (AvgIpc) is 2.46. The van der Waals surface area contributed by atoms with Crippen LogP contribution in [0.1, 0.15) is 36.5 Å². The van der Waals surface area contributed by atoms with E-state index in [0.29, 0.717) is 22.7 Å². The number of carbonyl (C=O) groups is 1. The van der Waals surface area contributed by atoms with Gasteiger partial charge in [-0.1, -0.05) is 18.0 Å². The number of piperidine rings is 1. The van der Waals surface area contributed by atoms with Crippen molar-refractivity contribution in [2.24, 2.45) is 0 Å². The monoisotopic (exact) mass is 292 g/mol. The van der Waals surface area contributed by atoms with E-state index in [1.807, 2.05) is 12.1 Å². The first-order valence-electron chi connectivity index (χ1n) is 7.44. The normalized spacial score (nSPS) is 27.2. The van der Waals surface area contributed by atoms with E-state index in [1.54, 1.807) is 6.07 Å². The number of hydrogen-bond donors (Lipinski definition) is 0. The lowest BCUT2D eigenvalue weighted by molar-refractivity contribution is 0.111. The second kappa shape index (κ2) is 5.74. The molecule has 4 heteroatoms. The molecular weight excluding hydrogens is 272 g/mol. The molecule has 2 aliphatic heterocycles. The highest BCUT2D eigenvalue weighted by molar-refractivity contribution is 6.31. The van der Waals surface area contributed by atoms with E-state index < -0.39 is 0 Å². The first kappa shape index (κ1) is 13.9. The smallest absolute Gasteiger partial charge is 0.152 e.